The number of piperidine rings is 1. The molecule has 0 bridgehead atoms. The molecule has 108 valence electrons. The van der Waals surface area contributed by atoms with Crippen molar-refractivity contribution in [1.82, 2.24) is 5.32 Å². The van der Waals surface area contributed by atoms with E-state index in [1.54, 1.807) is 0 Å². The highest BCUT2D eigenvalue weighted by atomic mass is 16.6. The highest BCUT2D eigenvalue weighted by molar-refractivity contribution is 5.58. The first-order chi connectivity index (χ1) is 9.77. The maximum atomic E-state index is 10.5. The molecular formula is C15H19NO4. The van der Waals surface area contributed by atoms with Gasteiger partial charge in [0, 0.05) is 12.0 Å². The van der Waals surface area contributed by atoms with Crippen molar-refractivity contribution in [2.24, 2.45) is 0 Å². The second kappa shape index (κ2) is 4.53. The molecule has 4 rings (SSSR count). The van der Waals surface area contributed by atoms with E-state index in [0.29, 0.717) is 36.9 Å². The summed E-state index contributed by atoms with van der Waals surface area (Å²) in [5.74, 6) is 2.06. The number of fused-ring (bicyclic) bond motifs is 3. The number of rotatable bonds is 0. The molecule has 1 aromatic rings. The van der Waals surface area contributed by atoms with Gasteiger partial charge in [0.1, 0.15) is 18.8 Å². The summed E-state index contributed by atoms with van der Waals surface area (Å²) in [5.41, 5.74) is 0.548. The molecule has 0 aromatic heterocycles. The maximum absolute atomic E-state index is 10.5. The van der Waals surface area contributed by atoms with E-state index >= 15 is 0 Å². The predicted molar refractivity (Wildman–Crippen MR) is 72.5 cm³/mol. The van der Waals surface area contributed by atoms with Gasteiger partial charge in [-0.1, -0.05) is 0 Å². The fourth-order valence-corrected chi connectivity index (χ4v) is 3.38. The van der Waals surface area contributed by atoms with Gasteiger partial charge in [0.25, 0.3) is 0 Å². The highest BCUT2D eigenvalue weighted by Gasteiger charge is 2.43. The Bertz CT molecular complexity index is 525. The monoisotopic (exact) mass is 277 g/mol. The summed E-state index contributed by atoms with van der Waals surface area (Å²) in [6, 6.07) is 3.75. The van der Waals surface area contributed by atoms with E-state index in [9.17, 15) is 5.11 Å². The lowest BCUT2D eigenvalue weighted by molar-refractivity contribution is -0.0370. The van der Waals surface area contributed by atoms with Crippen LogP contribution in [0.4, 0.5) is 0 Å². The molecule has 1 spiro atoms. The third-order valence-corrected chi connectivity index (χ3v) is 4.45. The lowest BCUT2D eigenvalue weighted by atomic mass is 9.82. The third kappa shape index (κ3) is 1.84. The molecule has 5 nitrogen and oxygen atoms in total. The van der Waals surface area contributed by atoms with Gasteiger partial charge in [-0.05, 0) is 38.1 Å². The average Bonchev–Trinajstić information content (AvgIpc) is 2.48. The summed E-state index contributed by atoms with van der Waals surface area (Å²) in [7, 11) is 0. The topological polar surface area (TPSA) is 60.0 Å². The SMILES string of the molecule is OC1CC2(CCNCC2)Oc2c1ccc1c2OCCO1. The second-order valence-corrected chi connectivity index (χ2v) is 5.76. The van der Waals surface area contributed by atoms with Crippen LogP contribution < -0.4 is 19.5 Å². The van der Waals surface area contributed by atoms with Gasteiger partial charge in [-0.25, -0.2) is 0 Å². The van der Waals surface area contributed by atoms with E-state index < -0.39 is 6.10 Å². The van der Waals surface area contributed by atoms with Gasteiger partial charge < -0.3 is 24.6 Å². The molecular weight excluding hydrogens is 258 g/mol. The molecule has 0 aliphatic carbocycles. The predicted octanol–water partition coefficient (Wildman–Crippen LogP) is 1.40. The number of nitrogens with one attached hydrogen (secondary N) is 1. The molecule has 20 heavy (non-hydrogen) atoms. The largest absolute Gasteiger partial charge is 0.486 e. The normalized spacial score (nSPS) is 26.8. The van der Waals surface area contributed by atoms with E-state index in [4.69, 9.17) is 14.2 Å². The zero-order valence-electron chi connectivity index (χ0n) is 11.4. The van der Waals surface area contributed by atoms with Crippen molar-refractivity contribution in [2.75, 3.05) is 26.3 Å². The summed E-state index contributed by atoms with van der Waals surface area (Å²) in [6.45, 7) is 2.93. The average molecular weight is 277 g/mol. The van der Waals surface area contributed by atoms with Crippen LogP contribution in [0, 0.1) is 0 Å². The molecule has 0 radical (unpaired) electrons. The summed E-state index contributed by atoms with van der Waals surface area (Å²) in [4.78, 5) is 0. The Balaban J connectivity index is 1.77. The van der Waals surface area contributed by atoms with Crippen molar-refractivity contribution in [3.05, 3.63) is 17.7 Å². The number of benzene rings is 1. The lowest BCUT2D eigenvalue weighted by Gasteiger charge is -2.44. The Kier molecular flexibility index (Phi) is 2.79. The van der Waals surface area contributed by atoms with Crippen LogP contribution in [0.5, 0.6) is 17.2 Å². The van der Waals surface area contributed by atoms with Crippen LogP contribution in [0.3, 0.4) is 0 Å². The number of hydrogen-bond donors (Lipinski definition) is 2. The van der Waals surface area contributed by atoms with Crippen LogP contribution >= 0.6 is 0 Å². The Morgan fingerprint density at radius 1 is 1.10 bits per heavy atom. The summed E-state index contributed by atoms with van der Waals surface area (Å²) >= 11 is 0. The van der Waals surface area contributed by atoms with Crippen molar-refractivity contribution >= 4 is 0 Å². The first-order valence-electron chi connectivity index (χ1n) is 7.28. The number of aliphatic hydroxyl groups excluding tert-OH is 1. The molecule has 2 N–H and O–H groups in total. The molecule has 0 amide bonds. The number of aliphatic hydroxyl groups is 1. The molecule has 5 heteroatoms. The number of ether oxygens (including phenoxy) is 3. The highest BCUT2D eigenvalue weighted by Crippen LogP contribution is 2.51. The van der Waals surface area contributed by atoms with Crippen molar-refractivity contribution in [3.8, 4) is 17.2 Å². The van der Waals surface area contributed by atoms with Gasteiger partial charge in [0.2, 0.25) is 5.75 Å². The van der Waals surface area contributed by atoms with E-state index in [1.807, 2.05) is 12.1 Å². The molecule has 1 atom stereocenters. The Morgan fingerprint density at radius 3 is 2.75 bits per heavy atom. The Hall–Kier alpha value is -1.46. The summed E-state index contributed by atoms with van der Waals surface area (Å²) in [5, 5.41) is 13.8. The minimum absolute atomic E-state index is 0.270. The van der Waals surface area contributed by atoms with Gasteiger partial charge >= 0.3 is 0 Å². The van der Waals surface area contributed by atoms with Crippen molar-refractivity contribution in [2.45, 2.75) is 31.0 Å². The van der Waals surface area contributed by atoms with Crippen LogP contribution in [0.2, 0.25) is 0 Å². The third-order valence-electron chi connectivity index (χ3n) is 4.45. The number of hydrogen-bond acceptors (Lipinski definition) is 5. The van der Waals surface area contributed by atoms with Crippen LogP contribution in [0.15, 0.2) is 12.1 Å². The molecule has 1 unspecified atom stereocenters. The van der Waals surface area contributed by atoms with E-state index in [0.717, 1.165) is 31.5 Å². The molecule has 3 aliphatic heterocycles. The Labute approximate surface area is 117 Å². The van der Waals surface area contributed by atoms with Crippen LogP contribution in [0.1, 0.15) is 30.9 Å². The van der Waals surface area contributed by atoms with E-state index in [2.05, 4.69) is 5.32 Å². The maximum Gasteiger partial charge on any atom is 0.204 e. The quantitative estimate of drug-likeness (QED) is 0.750. The van der Waals surface area contributed by atoms with Crippen LogP contribution in [0.25, 0.3) is 0 Å². The van der Waals surface area contributed by atoms with Crippen molar-refractivity contribution < 1.29 is 19.3 Å². The molecule has 3 heterocycles. The van der Waals surface area contributed by atoms with Gasteiger partial charge in [-0.3, -0.25) is 0 Å². The zero-order valence-corrected chi connectivity index (χ0v) is 11.4. The molecule has 1 fully saturated rings. The first kappa shape index (κ1) is 12.3. The minimum atomic E-state index is -0.493. The smallest absolute Gasteiger partial charge is 0.204 e. The van der Waals surface area contributed by atoms with E-state index in [1.165, 1.54) is 0 Å². The lowest BCUT2D eigenvalue weighted by Crippen LogP contribution is -2.49. The molecule has 1 saturated heterocycles. The molecule has 0 saturated carbocycles. The standard InChI is InChI=1S/C15H19NO4/c17-11-9-15(3-5-16-6-4-15)20-13-10(11)1-2-12-14(13)19-8-7-18-12/h1-2,11,16-17H,3-9H2. The summed E-state index contributed by atoms with van der Waals surface area (Å²) in [6.07, 6.45) is 1.98. The Morgan fingerprint density at radius 2 is 1.90 bits per heavy atom. The van der Waals surface area contributed by atoms with Crippen molar-refractivity contribution in [3.63, 3.8) is 0 Å². The van der Waals surface area contributed by atoms with Gasteiger partial charge in [0.05, 0.1) is 6.10 Å². The first-order valence-corrected chi connectivity index (χ1v) is 7.28. The van der Waals surface area contributed by atoms with Crippen LogP contribution in [-0.2, 0) is 0 Å². The van der Waals surface area contributed by atoms with Crippen molar-refractivity contribution in [1.29, 1.82) is 0 Å². The second-order valence-electron chi connectivity index (χ2n) is 5.76. The van der Waals surface area contributed by atoms with E-state index in [-0.39, 0.29) is 5.60 Å². The van der Waals surface area contributed by atoms with Gasteiger partial charge in [-0.15, -0.1) is 0 Å². The fraction of sp³-hybridized carbons (Fsp3) is 0.600. The van der Waals surface area contributed by atoms with Crippen LogP contribution in [-0.4, -0.2) is 37.0 Å². The van der Waals surface area contributed by atoms with Gasteiger partial charge in [0.15, 0.2) is 11.5 Å². The molecule has 1 aromatic carbocycles. The zero-order chi connectivity index (χ0) is 13.6. The fourth-order valence-electron chi connectivity index (χ4n) is 3.38. The molecule has 3 aliphatic rings. The van der Waals surface area contributed by atoms with Gasteiger partial charge in [-0.2, -0.15) is 0 Å². The summed E-state index contributed by atoms with van der Waals surface area (Å²) < 4.78 is 17.7. The minimum Gasteiger partial charge on any atom is -0.486 e.